The van der Waals surface area contributed by atoms with Crippen LogP contribution < -0.4 is 0 Å². The minimum Gasteiger partial charge on any atom is -0.366 e. The molecule has 0 unspecified atom stereocenters. The summed E-state index contributed by atoms with van der Waals surface area (Å²) >= 11 is 5.15. The van der Waals surface area contributed by atoms with Crippen molar-refractivity contribution in [2.45, 2.75) is 26.2 Å². The van der Waals surface area contributed by atoms with Crippen LogP contribution in [0, 0.1) is 0 Å². The van der Waals surface area contributed by atoms with Crippen LogP contribution in [-0.2, 0) is 0 Å². The van der Waals surface area contributed by atoms with E-state index in [0.29, 0.717) is 0 Å². The Hall–Kier alpha value is -0.110. The minimum atomic E-state index is 1.10. The number of nitrogens with zero attached hydrogens (tertiary/aromatic N) is 1. The largest absolute Gasteiger partial charge is 0.366 e. The molecule has 1 nitrogen and oxygen atoms in total. The van der Waals surface area contributed by atoms with Crippen molar-refractivity contribution in [3.05, 3.63) is 0 Å². The van der Waals surface area contributed by atoms with Crippen molar-refractivity contribution in [3.8, 4) is 0 Å². The normalized spacial score (nSPS) is 20.6. The van der Waals surface area contributed by atoms with Crippen LogP contribution in [0.5, 0.6) is 0 Å². The summed E-state index contributed by atoms with van der Waals surface area (Å²) in [7, 11) is 0. The van der Waals surface area contributed by atoms with Crippen LogP contribution in [0.3, 0.4) is 0 Å². The fourth-order valence-corrected chi connectivity index (χ4v) is 1.56. The molecule has 1 fully saturated rings. The van der Waals surface area contributed by atoms with Gasteiger partial charge in [-0.3, -0.25) is 0 Å². The van der Waals surface area contributed by atoms with Crippen molar-refractivity contribution >= 4 is 17.2 Å². The van der Waals surface area contributed by atoms with Gasteiger partial charge in [0.2, 0.25) is 0 Å². The highest BCUT2D eigenvalue weighted by atomic mass is 32.1. The monoisotopic (exact) mass is 143 g/mol. The minimum absolute atomic E-state index is 1.10. The van der Waals surface area contributed by atoms with Crippen molar-refractivity contribution in [2.75, 3.05) is 13.1 Å². The SMILES string of the molecule is CCN1CCCCC1=S. The first-order valence-corrected chi connectivity index (χ1v) is 4.03. The van der Waals surface area contributed by atoms with Crippen LogP contribution in [0.15, 0.2) is 0 Å². The molecule has 0 bridgehead atoms. The van der Waals surface area contributed by atoms with E-state index in [0.717, 1.165) is 13.0 Å². The Morgan fingerprint density at radius 1 is 1.56 bits per heavy atom. The fraction of sp³-hybridized carbons (Fsp3) is 0.857. The zero-order valence-corrected chi connectivity index (χ0v) is 6.71. The molecule has 2 heteroatoms. The summed E-state index contributed by atoms with van der Waals surface area (Å²) in [4.78, 5) is 3.46. The summed E-state index contributed by atoms with van der Waals surface area (Å²) in [6.45, 7) is 4.45. The van der Waals surface area contributed by atoms with Gasteiger partial charge in [-0.2, -0.15) is 0 Å². The molecule has 1 aliphatic rings. The molecule has 0 aromatic rings. The van der Waals surface area contributed by atoms with E-state index < -0.39 is 0 Å². The Labute approximate surface area is 62.0 Å². The Morgan fingerprint density at radius 3 is 2.78 bits per heavy atom. The lowest BCUT2D eigenvalue weighted by Gasteiger charge is -2.27. The Bertz CT molecular complexity index is 111. The van der Waals surface area contributed by atoms with Gasteiger partial charge in [0.25, 0.3) is 0 Å². The van der Waals surface area contributed by atoms with Gasteiger partial charge in [-0.05, 0) is 26.2 Å². The average molecular weight is 143 g/mol. The highest BCUT2D eigenvalue weighted by molar-refractivity contribution is 7.80. The van der Waals surface area contributed by atoms with Gasteiger partial charge >= 0.3 is 0 Å². The van der Waals surface area contributed by atoms with E-state index in [1.54, 1.807) is 0 Å². The van der Waals surface area contributed by atoms with Crippen molar-refractivity contribution < 1.29 is 0 Å². The van der Waals surface area contributed by atoms with E-state index in [1.807, 2.05) is 0 Å². The number of rotatable bonds is 1. The second kappa shape index (κ2) is 3.16. The van der Waals surface area contributed by atoms with E-state index in [1.165, 1.54) is 24.4 Å². The van der Waals surface area contributed by atoms with Crippen LogP contribution in [0.25, 0.3) is 0 Å². The van der Waals surface area contributed by atoms with Gasteiger partial charge in [0, 0.05) is 13.1 Å². The predicted octanol–water partition coefficient (Wildman–Crippen LogP) is 1.82. The maximum Gasteiger partial charge on any atom is 0.0779 e. The zero-order chi connectivity index (χ0) is 6.69. The Kier molecular flexibility index (Phi) is 2.46. The van der Waals surface area contributed by atoms with E-state index in [-0.39, 0.29) is 0 Å². The molecule has 1 saturated heterocycles. The second-order valence-corrected chi connectivity index (χ2v) is 2.90. The van der Waals surface area contributed by atoms with E-state index in [2.05, 4.69) is 11.8 Å². The van der Waals surface area contributed by atoms with Gasteiger partial charge in [0.1, 0.15) is 0 Å². The third-order valence-electron chi connectivity index (χ3n) is 1.80. The van der Waals surface area contributed by atoms with Gasteiger partial charge in [-0.15, -0.1) is 0 Å². The maximum absolute atomic E-state index is 5.15. The standard InChI is InChI=1S/C7H13NS/c1-2-8-6-4-3-5-7(8)9/h2-6H2,1H3. The molecule has 0 spiro atoms. The van der Waals surface area contributed by atoms with Crippen LogP contribution in [-0.4, -0.2) is 23.0 Å². The van der Waals surface area contributed by atoms with Crippen LogP contribution >= 0.6 is 12.2 Å². The first-order valence-electron chi connectivity index (χ1n) is 3.62. The number of thiocarbonyl (C=S) groups is 1. The second-order valence-electron chi connectivity index (χ2n) is 2.43. The molecular formula is C7H13NS. The van der Waals surface area contributed by atoms with Gasteiger partial charge < -0.3 is 4.90 Å². The molecule has 52 valence electrons. The third-order valence-corrected chi connectivity index (χ3v) is 2.27. The average Bonchev–Trinajstić information content (AvgIpc) is 1.89. The topological polar surface area (TPSA) is 3.24 Å². The predicted molar refractivity (Wildman–Crippen MR) is 43.7 cm³/mol. The smallest absolute Gasteiger partial charge is 0.0779 e. The van der Waals surface area contributed by atoms with Crippen molar-refractivity contribution in [1.82, 2.24) is 4.90 Å². The molecule has 0 aromatic carbocycles. The molecule has 0 N–H and O–H groups in total. The molecule has 1 heterocycles. The van der Waals surface area contributed by atoms with Crippen LogP contribution in [0.1, 0.15) is 26.2 Å². The van der Waals surface area contributed by atoms with Crippen molar-refractivity contribution in [3.63, 3.8) is 0 Å². The molecule has 1 aliphatic heterocycles. The van der Waals surface area contributed by atoms with Crippen LogP contribution in [0.4, 0.5) is 0 Å². The summed E-state index contributed by atoms with van der Waals surface area (Å²) in [5.41, 5.74) is 0. The Balaban J connectivity index is 2.39. The molecule has 0 radical (unpaired) electrons. The first kappa shape index (κ1) is 7.00. The van der Waals surface area contributed by atoms with Gasteiger partial charge in [0.15, 0.2) is 0 Å². The highest BCUT2D eigenvalue weighted by Crippen LogP contribution is 2.10. The van der Waals surface area contributed by atoms with Gasteiger partial charge in [-0.1, -0.05) is 12.2 Å². The summed E-state index contributed by atoms with van der Waals surface area (Å²) in [6.07, 6.45) is 3.77. The van der Waals surface area contributed by atoms with Crippen molar-refractivity contribution in [1.29, 1.82) is 0 Å². The molecule has 0 aliphatic carbocycles. The quantitative estimate of drug-likeness (QED) is 0.515. The summed E-state index contributed by atoms with van der Waals surface area (Å²) in [6, 6.07) is 0. The van der Waals surface area contributed by atoms with E-state index in [9.17, 15) is 0 Å². The molecule has 0 atom stereocenters. The van der Waals surface area contributed by atoms with E-state index >= 15 is 0 Å². The zero-order valence-electron chi connectivity index (χ0n) is 5.89. The molecule has 0 saturated carbocycles. The van der Waals surface area contributed by atoms with E-state index in [4.69, 9.17) is 12.2 Å². The highest BCUT2D eigenvalue weighted by Gasteiger charge is 2.11. The Morgan fingerprint density at radius 2 is 2.33 bits per heavy atom. The fourth-order valence-electron chi connectivity index (χ4n) is 1.20. The molecular weight excluding hydrogens is 130 g/mol. The first-order chi connectivity index (χ1) is 4.34. The number of likely N-dealkylation sites (tertiary alicyclic amines) is 1. The lowest BCUT2D eigenvalue weighted by atomic mass is 10.1. The van der Waals surface area contributed by atoms with Gasteiger partial charge in [-0.25, -0.2) is 0 Å². The summed E-state index contributed by atoms with van der Waals surface area (Å²) in [5, 5.41) is 0. The lowest BCUT2D eigenvalue weighted by Crippen LogP contribution is -2.33. The molecule has 9 heavy (non-hydrogen) atoms. The van der Waals surface area contributed by atoms with Crippen molar-refractivity contribution in [2.24, 2.45) is 0 Å². The maximum atomic E-state index is 5.15. The number of hydrogen-bond acceptors (Lipinski definition) is 1. The summed E-state index contributed by atoms with van der Waals surface area (Å²) in [5.74, 6) is 0. The molecule has 1 rings (SSSR count). The lowest BCUT2D eigenvalue weighted by molar-refractivity contribution is 0.395. The van der Waals surface area contributed by atoms with Gasteiger partial charge in [0.05, 0.1) is 4.99 Å². The van der Waals surface area contributed by atoms with Crippen LogP contribution in [0.2, 0.25) is 0 Å². The number of hydrogen-bond donors (Lipinski definition) is 0. The molecule has 0 amide bonds. The summed E-state index contributed by atoms with van der Waals surface area (Å²) < 4.78 is 0. The number of piperidine rings is 1. The third kappa shape index (κ3) is 1.65. The molecule has 0 aromatic heterocycles.